The van der Waals surface area contributed by atoms with Gasteiger partial charge in [0.05, 0.1) is 35.6 Å². The van der Waals surface area contributed by atoms with Gasteiger partial charge in [-0.25, -0.2) is 19.6 Å². The maximum absolute atomic E-state index is 13.5. The number of amides is 1. The summed E-state index contributed by atoms with van der Waals surface area (Å²) in [4.78, 5) is 31.6. The number of nitrogens with one attached hydrogen (secondary N) is 1. The molecule has 1 N–H and O–H groups in total. The number of pyridine rings is 1. The number of hydrogen-bond acceptors (Lipinski definition) is 9. The number of rotatable bonds is 3. The largest absolute Gasteiger partial charge is 0.477 e. The second-order valence-corrected chi connectivity index (χ2v) is 11.2. The summed E-state index contributed by atoms with van der Waals surface area (Å²) in [6, 6.07) is 5.79. The molecule has 1 atom stereocenters. The molecule has 5 aromatic rings. The fourth-order valence-corrected chi connectivity index (χ4v) is 5.79. The molecule has 222 valence electrons. The second kappa shape index (κ2) is 10.8. The van der Waals surface area contributed by atoms with Crippen molar-refractivity contribution in [3.05, 3.63) is 48.5 Å². The maximum Gasteiger partial charge on any atom is 0.255 e. The first kappa shape index (κ1) is 27.1. The third-order valence-electron chi connectivity index (χ3n) is 8.34. The Balaban J connectivity index is 1.30. The average molecular weight is 582 g/mol. The number of ether oxygens (including phenoxy) is 1. The maximum atomic E-state index is 13.5. The smallest absolute Gasteiger partial charge is 0.255 e. The minimum Gasteiger partial charge on any atom is -0.477 e. The van der Waals surface area contributed by atoms with Gasteiger partial charge in [0.25, 0.3) is 5.91 Å². The van der Waals surface area contributed by atoms with Crippen LogP contribution in [0.1, 0.15) is 36.7 Å². The van der Waals surface area contributed by atoms with Gasteiger partial charge in [-0.3, -0.25) is 9.48 Å². The molecule has 1 amide bonds. The second-order valence-electron chi connectivity index (χ2n) is 11.2. The molecule has 1 fully saturated rings. The lowest BCUT2D eigenvalue weighted by Gasteiger charge is -2.32. The Hall–Kier alpha value is -4.78. The third kappa shape index (κ3) is 4.88. The molecule has 0 radical (unpaired) electrons. The fourth-order valence-electron chi connectivity index (χ4n) is 5.79. The number of aryl methyl sites for hydroxylation is 2. The number of fused-ring (bicyclic) bond motifs is 5. The summed E-state index contributed by atoms with van der Waals surface area (Å²) in [6.07, 6.45) is 7.93. The highest BCUT2D eigenvalue weighted by molar-refractivity contribution is 5.98. The van der Waals surface area contributed by atoms with Gasteiger partial charge >= 0.3 is 0 Å². The topological polar surface area (TPSA) is 124 Å². The summed E-state index contributed by atoms with van der Waals surface area (Å²) in [5.74, 6) is 2.45. The van der Waals surface area contributed by atoms with Crippen molar-refractivity contribution >= 4 is 28.4 Å². The standard InChI is InChI=1S/C30H35N11O2/c1-5-39-18-20(29(42)40-11-9-37(3)10-12-40)14-24(39)27-21-16-32-26-15-23(21)41(36-27)19(2)7-13-43-30-22(17-33-38(30)4)28-31-8-6-25(34-26)35-28/h6,8,14-19H,5,7,9-13H2,1-4H3,(H,31,32,34,35). The van der Waals surface area contributed by atoms with Crippen LogP contribution in [0.5, 0.6) is 5.88 Å². The van der Waals surface area contributed by atoms with Crippen LogP contribution in [0.3, 0.4) is 0 Å². The molecule has 13 heteroatoms. The van der Waals surface area contributed by atoms with Gasteiger partial charge in [-0.2, -0.15) is 10.2 Å². The average Bonchev–Trinajstić information content (AvgIpc) is 3.72. The molecule has 4 bridgehead atoms. The number of likely N-dealkylation sites (N-methyl/N-ethyl adjacent to an activating group) is 1. The van der Waals surface area contributed by atoms with Crippen LogP contribution in [-0.2, 0) is 13.6 Å². The molecule has 13 nitrogen and oxygen atoms in total. The Bertz CT molecular complexity index is 1810. The molecule has 0 spiro atoms. The molecule has 2 aliphatic heterocycles. The summed E-state index contributed by atoms with van der Waals surface area (Å²) in [6.45, 7) is 8.59. The third-order valence-corrected chi connectivity index (χ3v) is 8.34. The molecule has 0 aromatic carbocycles. The summed E-state index contributed by atoms with van der Waals surface area (Å²) < 4.78 is 12.1. The highest BCUT2D eigenvalue weighted by Crippen LogP contribution is 2.34. The van der Waals surface area contributed by atoms with Crippen molar-refractivity contribution < 1.29 is 9.53 Å². The number of piperazine rings is 1. The summed E-state index contributed by atoms with van der Waals surface area (Å²) in [5.41, 5.74) is 4.03. The van der Waals surface area contributed by atoms with Crippen LogP contribution in [0.4, 0.5) is 11.6 Å². The van der Waals surface area contributed by atoms with E-state index in [1.807, 2.05) is 41.2 Å². The monoisotopic (exact) mass is 581 g/mol. The minimum absolute atomic E-state index is 0.0108. The van der Waals surface area contributed by atoms with E-state index in [1.54, 1.807) is 23.1 Å². The summed E-state index contributed by atoms with van der Waals surface area (Å²) >= 11 is 0. The van der Waals surface area contributed by atoms with E-state index in [9.17, 15) is 4.79 Å². The molecule has 0 aliphatic carbocycles. The van der Waals surface area contributed by atoms with E-state index in [2.05, 4.69) is 45.8 Å². The van der Waals surface area contributed by atoms with Gasteiger partial charge < -0.3 is 24.4 Å². The van der Waals surface area contributed by atoms with E-state index in [0.29, 0.717) is 48.5 Å². The Morgan fingerprint density at radius 1 is 1.09 bits per heavy atom. The van der Waals surface area contributed by atoms with Crippen LogP contribution in [-0.4, -0.2) is 94.6 Å². The number of carbonyl (C=O) groups excluding carboxylic acids is 1. The molecule has 0 saturated carbocycles. The zero-order chi connectivity index (χ0) is 29.7. The van der Waals surface area contributed by atoms with Crippen molar-refractivity contribution in [2.75, 3.05) is 45.2 Å². The molecule has 2 aliphatic rings. The predicted octanol–water partition coefficient (Wildman–Crippen LogP) is 3.58. The van der Waals surface area contributed by atoms with Crippen molar-refractivity contribution in [2.24, 2.45) is 7.05 Å². The number of hydrogen-bond donors (Lipinski definition) is 1. The van der Waals surface area contributed by atoms with Crippen LogP contribution < -0.4 is 10.1 Å². The zero-order valence-electron chi connectivity index (χ0n) is 24.9. The summed E-state index contributed by atoms with van der Waals surface area (Å²) in [7, 11) is 3.93. The number of nitrogens with zero attached hydrogens (tertiary/aromatic N) is 10. The van der Waals surface area contributed by atoms with Gasteiger partial charge in [0, 0.05) is 76.2 Å². The zero-order valence-corrected chi connectivity index (χ0v) is 24.9. The SMILES string of the molecule is CCn1cc(C(=O)N2CCN(C)CC2)cc1-c1nn2c3cc(ncc13)Nc1ccnc(n1)-c1cnn(C)c1OCCC2C. The van der Waals surface area contributed by atoms with E-state index in [-0.39, 0.29) is 11.9 Å². The lowest BCUT2D eigenvalue weighted by Crippen LogP contribution is -2.47. The van der Waals surface area contributed by atoms with Crippen LogP contribution in [0, 0.1) is 0 Å². The normalized spacial score (nSPS) is 17.4. The van der Waals surface area contributed by atoms with Gasteiger partial charge in [0.15, 0.2) is 5.82 Å². The minimum atomic E-state index is 0.0108. The van der Waals surface area contributed by atoms with E-state index in [0.717, 1.165) is 54.0 Å². The molecule has 7 heterocycles. The van der Waals surface area contributed by atoms with Gasteiger partial charge in [-0.15, -0.1) is 0 Å². The highest BCUT2D eigenvalue weighted by atomic mass is 16.5. The highest BCUT2D eigenvalue weighted by Gasteiger charge is 2.26. The molecular weight excluding hydrogens is 546 g/mol. The van der Waals surface area contributed by atoms with Gasteiger partial charge in [-0.05, 0) is 33.0 Å². The van der Waals surface area contributed by atoms with Crippen molar-refractivity contribution in [2.45, 2.75) is 32.9 Å². The quantitative estimate of drug-likeness (QED) is 0.340. The Labute approximate surface area is 249 Å². The molecule has 5 aromatic heterocycles. The first-order valence-electron chi connectivity index (χ1n) is 14.7. The van der Waals surface area contributed by atoms with Crippen LogP contribution >= 0.6 is 0 Å². The van der Waals surface area contributed by atoms with Crippen molar-refractivity contribution in [3.8, 4) is 28.7 Å². The first-order valence-corrected chi connectivity index (χ1v) is 14.7. The van der Waals surface area contributed by atoms with Crippen molar-refractivity contribution in [1.82, 2.24) is 48.9 Å². The molecule has 1 unspecified atom stereocenters. The summed E-state index contributed by atoms with van der Waals surface area (Å²) in [5, 5.41) is 13.8. The molecule has 43 heavy (non-hydrogen) atoms. The van der Waals surface area contributed by atoms with E-state index < -0.39 is 0 Å². The van der Waals surface area contributed by atoms with E-state index in [1.165, 1.54) is 0 Å². The van der Waals surface area contributed by atoms with Crippen LogP contribution in [0.15, 0.2) is 43.0 Å². The Morgan fingerprint density at radius 3 is 2.74 bits per heavy atom. The lowest BCUT2D eigenvalue weighted by atomic mass is 10.1. The number of aromatic nitrogens is 8. The molecular formula is C30H35N11O2. The van der Waals surface area contributed by atoms with E-state index >= 15 is 0 Å². The van der Waals surface area contributed by atoms with Crippen molar-refractivity contribution in [1.29, 1.82) is 0 Å². The van der Waals surface area contributed by atoms with Gasteiger partial charge in [0.2, 0.25) is 5.88 Å². The predicted molar refractivity (Wildman–Crippen MR) is 162 cm³/mol. The first-order chi connectivity index (χ1) is 20.9. The van der Waals surface area contributed by atoms with E-state index in [4.69, 9.17) is 19.8 Å². The number of carbonyl (C=O) groups is 1. The van der Waals surface area contributed by atoms with Crippen LogP contribution in [0.25, 0.3) is 33.7 Å². The Kier molecular flexibility index (Phi) is 6.80. The molecule has 7 rings (SSSR count). The lowest BCUT2D eigenvalue weighted by molar-refractivity contribution is 0.0664. The molecule has 1 saturated heterocycles. The van der Waals surface area contributed by atoms with Gasteiger partial charge in [0.1, 0.15) is 22.9 Å². The van der Waals surface area contributed by atoms with Gasteiger partial charge in [-0.1, -0.05) is 0 Å². The van der Waals surface area contributed by atoms with Crippen molar-refractivity contribution in [3.63, 3.8) is 0 Å². The number of anilines is 2. The Morgan fingerprint density at radius 2 is 1.93 bits per heavy atom. The fraction of sp³-hybridized carbons (Fsp3) is 0.400. The van der Waals surface area contributed by atoms with Crippen LogP contribution in [0.2, 0.25) is 0 Å².